The Morgan fingerprint density at radius 3 is 2.57 bits per heavy atom. The minimum Gasteiger partial charge on any atom is -0.340 e. The molecule has 118 valence electrons. The van der Waals surface area contributed by atoms with E-state index in [1.807, 2.05) is 18.2 Å². The number of aromatic nitrogens is 1. The molecule has 0 spiro atoms. The molecule has 0 radical (unpaired) electrons. The Bertz CT molecular complexity index is 721. The maximum Gasteiger partial charge on any atom is 0.227 e. The highest BCUT2D eigenvalue weighted by Gasteiger charge is 2.25. The van der Waals surface area contributed by atoms with Crippen LogP contribution in [0.5, 0.6) is 0 Å². The number of rotatable bonds is 5. The van der Waals surface area contributed by atoms with Crippen LogP contribution in [0.15, 0.2) is 42.6 Å². The second-order valence-electron chi connectivity index (χ2n) is 5.81. The fourth-order valence-electron chi connectivity index (χ4n) is 2.42. The standard InChI is InChI=1S/C18H19N3O2/c1-12(22)14-6-3-7-15(10-14)20-17-9-8-16(11-19-17)21-18(23)13-4-2-5-13/h3,6-11,13H,2,4-5H2,1H3,(H,19,20)(H,21,23). The summed E-state index contributed by atoms with van der Waals surface area (Å²) in [5, 5.41) is 6.03. The number of amides is 1. The highest BCUT2D eigenvalue weighted by atomic mass is 16.2. The van der Waals surface area contributed by atoms with Gasteiger partial charge in [0.05, 0.1) is 11.9 Å². The van der Waals surface area contributed by atoms with Crippen molar-refractivity contribution < 1.29 is 9.59 Å². The van der Waals surface area contributed by atoms with E-state index in [4.69, 9.17) is 0 Å². The summed E-state index contributed by atoms with van der Waals surface area (Å²) in [6.07, 6.45) is 4.73. The molecule has 0 aliphatic heterocycles. The lowest BCUT2D eigenvalue weighted by Gasteiger charge is -2.23. The van der Waals surface area contributed by atoms with Crippen LogP contribution in [0.25, 0.3) is 0 Å². The van der Waals surface area contributed by atoms with Crippen molar-refractivity contribution in [1.29, 1.82) is 0 Å². The average Bonchev–Trinajstić information content (AvgIpc) is 2.48. The number of hydrogen-bond donors (Lipinski definition) is 2. The van der Waals surface area contributed by atoms with Gasteiger partial charge in [-0.2, -0.15) is 0 Å². The summed E-state index contributed by atoms with van der Waals surface area (Å²) in [7, 11) is 0. The second-order valence-corrected chi connectivity index (χ2v) is 5.81. The van der Waals surface area contributed by atoms with E-state index >= 15 is 0 Å². The monoisotopic (exact) mass is 309 g/mol. The van der Waals surface area contributed by atoms with Crippen molar-refractivity contribution in [2.24, 2.45) is 5.92 Å². The van der Waals surface area contributed by atoms with Gasteiger partial charge >= 0.3 is 0 Å². The summed E-state index contributed by atoms with van der Waals surface area (Å²) in [5.41, 5.74) is 2.15. The van der Waals surface area contributed by atoms with E-state index in [1.165, 1.54) is 6.92 Å². The van der Waals surface area contributed by atoms with Gasteiger partial charge in [-0.15, -0.1) is 0 Å². The number of hydrogen-bond acceptors (Lipinski definition) is 4. The first-order valence-electron chi connectivity index (χ1n) is 7.77. The maximum atomic E-state index is 11.9. The molecule has 3 rings (SSSR count). The fourth-order valence-corrected chi connectivity index (χ4v) is 2.42. The summed E-state index contributed by atoms with van der Waals surface area (Å²) in [4.78, 5) is 27.6. The van der Waals surface area contributed by atoms with Crippen molar-refractivity contribution in [3.8, 4) is 0 Å². The van der Waals surface area contributed by atoms with Gasteiger partial charge in [-0.1, -0.05) is 18.6 Å². The molecular weight excluding hydrogens is 290 g/mol. The van der Waals surface area contributed by atoms with Crippen LogP contribution < -0.4 is 10.6 Å². The first-order chi connectivity index (χ1) is 11.1. The number of carbonyl (C=O) groups excluding carboxylic acids is 2. The summed E-state index contributed by atoms with van der Waals surface area (Å²) in [5.74, 6) is 0.915. The zero-order chi connectivity index (χ0) is 16.2. The predicted molar refractivity (Wildman–Crippen MR) is 89.9 cm³/mol. The molecule has 1 saturated carbocycles. The molecule has 2 aromatic rings. The van der Waals surface area contributed by atoms with Gasteiger partial charge in [0, 0.05) is 17.2 Å². The Morgan fingerprint density at radius 2 is 1.96 bits per heavy atom. The number of ketones is 1. The van der Waals surface area contributed by atoms with Gasteiger partial charge in [0.15, 0.2) is 5.78 Å². The molecule has 1 aliphatic rings. The van der Waals surface area contributed by atoms with Crippen molar-refractivity contribution in [2.75, 3.05) is 10.6 Å². The third-order valence-corrected chi connectivity index (χ3v) is 4.05. The molecule has 23 heavy (non-hydrogen) atoms. The quantitative estimate of drug-likeness (QED) is 0.825. The summed E-state index contributed by atoms with van der Waals surface area (Å²) >= 11 is 0. The Hall–Kier alpha value is -2.69. The predicted octanol–water partition coefficient (Wildman–Crippen LogP) is 3.77. The van der Waals surface area contributed by atoms with Crippen LogP contribution >= 0.6 is 0 Å². The average molecular weight is 309 g/mol. The summed E-state index contributed by atoms with van der Waals surface area (Å²) in [6.45, 7) is 1.54. The topological polar surface area (TPSA) is 71.1 Å². The third kappa shape index (κ3) is 3.74. The number of nitrogens with zero attached hydrogens (tertiary/aromatic N) is 1. The van der Waals surface area contributed by atoms with Gasteiger partial charge < -0.3 is 10.6 Å². The molecule has 1 amide bonds. The lowest BCUT2D eigenvalue weighted by molar-refractivity contribution is -0.122. The van der Waals surface area contributed by atoms with Crippen LogP contribution in [0.3, 0.4) is 0 Å². The van der Waals surface area contributed by atoms with E-state index in [1.54, 1.807) is 24.4 Å². The Morgan fingerprint density at radius 1 is 1.13 bits per heavy atom. The van der Waals surface area contributed by atoms with Crippen LogP contribution in [0.4, 0.5) is 17.2 Å². The van der Waals surface area contributed by atoms with Crippen LogP contribution in [0.1, 0.15) is 36.5 Å². The number of pyridine rings is 1. The number of anilines is 3. The van der Waals surface area contributed by atoms with Crippen molar-refractivity contribution in [3.63, 3.8) is 0 Å². The van der Waals surface area contributed by atoms with Gasteiger partial charge in [0.2, 0.25) is 5.91 Å². The SMILES string of the molecule is CC(=O)c1cccc(Nc2ccc(NC(=O)C3CCC3)cn2)c1. The Labute approximate surface area is 135 Å². The largest absolute Gasteiger partial charge is 0.340 e. The lowest BCUT2D eigenvalue weighted by Crippen LogP contribution is -2.28. The third-order valence-electron chi connectivity index (χ3n) is 4.05. The molecule has 0 saturated heterocycles. The molecule has 5 nitrogen and oxygen atoms in total. The van der Waals surface area contributed by atoms with Crippen LogP contribution in [0, 0.1) is 5.92 Å². The highest BCUT2D eigenvalue weighted by molar-refractivity contribution is 5.95. The molecule has 1 aromatic carbocycles. The zero-order valence-electron chi connectivity index (χ0n) is 13.0. The molecule has 5 heteroatoms. The molecule has 1 aliphatic carbocycles. The van der Waals surface area contributed by atoms with E-state index in [9.17, 15) is 9.59 Å². The van der Waals surface area contributed by atoms with Gasteiger partial charge in [0.25, 0.3) is 0 Å². The molecular formula is C18H19N3O2. The van der Waals surface area contributed by atoms with Crippen molar-refractivity contribution in [2.45, 2.75) is 26.2 Å². The smallest absolute Gasteiger partial charge is 0.227 e. The van der Waals surface area contributed by atoms with Crippen LogP contribution in [-0.4, -0.2) is 16.7 Å². The molecule has 0 unspecified atom stereocenters. The number of benzene rings is 1. The normalized spacial score (nSPS) is 14.0. The van der Waals surface area contributed by atoms with Crippen LogP contribution in [-0.2, 0) is 4.79 Å². The summed E-state index contributed by atoms with van der Waals surface area (Å²) in [6, 6.07) is 10.9. The van der Waals surface area contributed by atoms with Gasteiger partial charge in [0.1, 0.15) is 5.82 Å². The Kier molecular flexibility index (Phi) is 4.37. The van der Waals surface area contributed by atoms with E-state index in [-0.39, 0.29) is 17.6 Å². The first kappa shape index (κ1) is 15.2. The lowest BCUT2D eigenvalue weighted by atomic mass is 9.85. The first-order valence-corrected chi connectivity index (χ1v) is 7.77. The van der Waals surface area contributed by atoms with Crippen molar-refractivity contribution in [1.82, 2.24) is 4.98 Å². The fraction of sp³-hybridized carbons (Fsp3) is 0.278. The number of Topliss-reactive ketones (excluding diaryl/α,β-unsaturated/α-hetero) is 1. The zero-order valence-corrected chi connectivity index (χ0v) is 13.0. The molecule has 1 heterocycles. The molecule has 1 aromatic heterocycles. The van der Waals surface area contributed by atoms with Gasteiger partial charge in [-0.3, -0.25) is 9.59 Å². The molecule has 2 N–H and O–H groups in total. The molecule has 1 fully saturated rings. The van der Waals surface area contributed by atoms with E-state index in [0.29, 0.717) is 17.1 Å². The molecule has 0 bridgehead atoms. The van der Waals surface area contributed by atoms with E-state index < -0.39 is 0 Å². The van der Waals surface area contributed by atoms with Gasteiger partial charge in [-0.05, 0) is 44.0 Å². The number of carbonyl (C=O) groups is 2. The molecule has 0 atom stereocenters. The summed E-state index contributed by atoms with van der Waals surface area (Å²) < 4.78 is 0. The maximum absolute atomic E-state index is 11.9. The number of nitrogens with one attached hydrogen (secondary N) is 2. The Balaban J connectivity index is 1.64. The van der Waals surface area contributed by atoms with Crippen molar-refractivity contribution >= 4 is 28.9 Å². The van der Waals surface area contributed by atoms with E-state index in [0.717, 1.165) is 24.9 Å². The van der Waals surface area contributed by atoms with E-state index in [2.05, 4.69) is 15.6 Å². The minimum atomic E-state index is 0.0238. The van der Waals surface area contributed by atoms with Gasteiger partial charge in [-0.25, -0.2) is 4.98 Å². The minimum absolute atomic E-state index is 0.0238. The highest BCUT2D eigenvalue weighted by Crippen LogP contribution is 2.27. The second kappa shape index (κ2) is 6.60. The van der Waals surface area contributed by atoms with Crippen molar-refractivity contribution in [3.05, 3.63) is 48.2 Å². The van der Waals surface area contributed by atoms with Crippen LogP contribution in [0.2, 0.25) is 0 Å².